The summed E-state index contributed by atoms with van der Waals surface area (Å²) in [5, 5.41) is 17.4. The molecule has 3 aliphatic rings. The van der Waals surface area contributed by atoms with Crippen LogP contribution in [0.25, 0.3) is 0 Å². The Balaban J connectivity index is 1.34. The number of benzene rings is 1. The number of rotatable bonds is 4. The molecule has 4 rings (SSSR count). The van der Waals surface area contributed by atoms with Gasteiger partial charge in [-0.2, -0.15) is 0 Å². The molecule has 1 heterocycles. The Morgan fingerprint density at radius 2 is 1.96 bits per heavy atom. The Hall–Kier alpha value is -1.75. The molecule has 0 amide bonds. The van der Waals surface area contributed by atoms with E-state index in [1.54, 1.807) is 0 Å². The number of nitrogens with one attached hydrogen (secondary N) is 2. The first-order chi connectivity index (χ1) is 13.2. The molecule has 0 radical (unpaired) electrons. The summed E-state index contributed by atoms with van der Waals surface area (Å²) in [7, 11) is 1.83. The maximum absolute atomic E-state index is 10.4. The second-order valence-electron chi connectivity index (χ2n) is 8.40. The molecule has 27 heavy (non-hydrogen) atoms. The third-order valence-corrected chi connectivity index (χ3v) is 6.68. The van der Waals surface area contributed by atoms with Crippen molar-refractivity contribution in [3.05, 3.63) is 28.8 Å². The highest BCUT2D eigenvalue weighted by molar-refractivity contribution is 5.80. The average Bonchev–Trinajstić information content (AvgIpc) is 3.38. The van der Waals surface area contributed by atoms with Crippen molar-refractivity contribution in [3.8, 4) is 5.75 Å². The fourth-order valence-electron chi connectivity index (χ4n) is 5.16. The van der Waals surface area contributed by atoms with Gasteiger partial charge in [-0.05, 0) is 62.1 Å². The molecular weight excluding hydrogens is 336 g/mol. The normalized spacial score (nSPS) is 24.2. The summed E-state index contributed by atoms with van der Waals surface area (Å²) in [6, 6.07) is 5.22. The third kappa shape index (κ3) is 4.23. The minimum absolute atomic E-state index is 0.409. The van der Waals surface area contributed by atoms with Gasteiger partial charge in [0, 0.05) is 44.3 Å². The Labute approximate surface area is 163 Å². The van der Waals surface area contributed by atoms with Crippen molar-refractivity contribution >= 4 is 5.96 Å². The molecule has 3 N–H and O–H groups in total. The monoisotopic (exact) mass is 370 g/mol. The van der Waals surface area contributed by atoms with Gasteiger partial charge in [-0.3, -0.25) is 9.89 Å². The molecule has 5 nitrogen and oxygen atoms in total. The molecule has 1 aromatic rings. The number of phenolic OH excluding ortho intramolecular Hbond substituents is 1. The molecule has 1 unspecified atom stereocenters. The Morgan fingerprint density at radius 1 is 1.15 bits per heavy atom. The molecule has 1 aromatic carbocycles. The Kier molecular flexibility index (Phi) is 5.86. The van der Waals surface area contributed by atoms with Crippen LogP contribution in [-0.2, 0) is 19.4 Å². The van der Waals surface area contributed by atoms with Crippen LogP contribution in [-0.4, -0.2) is 48.2 Å². The molecule has 0 bridgehead atoms. The van der Waals surface area contributed by atoms with Crippen LogP contribution in [0.2, 0.25) is 0 Å². The molecule has 1 aliphatic heterocycles. The first kappa shape index (κ1) is 18.6. The molecule has 1 saturated heterocycles. The van der Waals surface area contributed by atoms with Crippen LogP contribution in [0, 0.1) is 0 Å². The zero-order valence-electron chi connectivity index (χ0n) is 16.6. The lowest BCUT2D eigenvalue weighted by Crippen LogP contribution is -2.45. The largest absolute Gasteiger partial charge is 0.508 e. The van der Waals surface area contributed by atoms with Gasteiger partial charge in [0.2, 0.25) is 0 Å². The second kappa shape index (κ2) is 8.51. The molecule has 2 aliphatic carbocycles. The number of guanidine groups is 1. The van der Waals surface area contributed by atoms with Crippen LogP contribution in [0.3, 0.4) is 0 Å². The summed E-state index contributed by atoms with van der Waals surface area (Å²) in [4.78, 5) is 7.09. The molecule has 5 heteroatoms. The zero-order chi connectivity index (χ0) is 18.6. The topological polar surface area (TPSA) is 59.9 Å². The number of aryl methyl sites for hydroxylation is 1. The van der Waals surface area contributed by atoms with Crippen molar-refractivity contribution < 1.29 is 5.11 Å². The van der Waals surface area contributed by atoms with E-state index in [9.17, 15) is 5.11 Å². The van der Waals surface area contributed by atoms with E-state index in [-0.39, 0.29) is 0 Å². The van der Waals surface area contributed by atoms with Crippen LogP contribution in [0.4, 0.5) is 0 Å². The standard InChI is InChI=1S/C22H34N4O/c1-23-22(25-17-12-13-26(15-17)18-7-3-4-8-18)24-14-20-19-9-5-2-6-16(19)10-11-21(20)27/h10-11,17-18,27H,2-9,12-15H2,1H3,(H2,23,24,25). The zero-order valence-corrected chi connectivity index (χ0v) is 16.6. The lowest BCUT2D eigenvalue weighted by Gasteiger charge is -2.24. The summed E-state index contributed by atoms with van der Waals surface area (Å²) >= 11 is 0. The van der Waals surface area contributed by atoms with Crippen molar-refractivity contribution in [2.45, 2.75) is 76.4 Å². The summed E-state index contributed by atoms with van der Waals surface area (Å²) < 4.78 is 0. The Morgan fingerprint density at radius 3 is 2.78 bits per heavy atom. The summed E-state index contributed by atoms with van der Waals surface area (Å²) in [5.41, 5.74) is 3.80. The number of aromatic hydroxyl groups is 1. The first-order valence-corrected chi connectivity index (χ1v) is 10.8. The van der Waals surface area contributed by atoms with Gasteiger partial charge in [0.1, 0.15) is 5.75 Å². The number of hydrogen-bond acceptors (Lipinski definition) is 3. The molecule has 148 valence electrons. The highest BCUT2D eigenvalue weighted by atomic mass is 16.3. The average molecular weight is 371 g/mol. The van der Waals surface area contributed by atoms with Gasteiger partial charge in [-0.1, -0.05) is 18.9 Å². The third-order valence-electron chi connectivity index (χ3n) is 6.68. The molecule has 2 fully saturated rings. The molecule has 1 saturated carbocycles. The fraction of sp³-hybridized carbons (Fsp3) is 0.682. The number of likely N-dealkylation sites (tertiary alicyclic amines) is 1. The highest BCUT2D eigenvalue weighted by Crippen LogP contribution is 2.30. The maximum Gasteiger partial charge on any atom is 0.191 e. The van der Waals surface area contributed by atoms with E-state index in [1.807, 2.05) is 13.1 Å². The predicted octanol–water partition coefficient (Wildman–Crippen LogP) is 2.95. The van der Waals surface area contributed by atoms with E-state index in [1.165, 1.54) is 62.6 Å². The van der Waals surface area contributed by atoms with Crippen molar-refractivity contribution in [2.24, 2.45) is 4.99 Å². The minimum atomic E-state index is 0.409. The van der Waals surface area contributed by atoms with Gasteiger partial charge < -0.3 is 15.7 Å². The lowest BCUT2D eigenvalue weighted by molar-refractivity contribution is 0.242. The van der Waals surface area contributed by atoms with Crippen LogP contribution >= 0.6 is 0 Å². The quantitative estimate of drug-likeness (QED) is 0.563. The van der Waals surface area contributed by atoms with Crippen LogP contribution in [0.5, 0.6) is 5.75 Å². The Bertz CT molecular complexity index is 681. The summed E-state index contributed by atoms with van der Waals surface area (Å²) in [5.74, 6) is 1.26. The van der Waals surface area contributed by atoms with E-state index < -0.39 is 0 Å². The fourth-order valence-corrected chi connectivity index (χ4v) is 5.16. The van der Waals surface area contributed by atoms with Gasteiger partial charge in [-0.15, -0.1) is 0 Å². The van der Waals surface area contributed by atoms with Gasteiger partial charge in [-0.25, -0.2) is 0 Å². The first-order valence-electron chi connectivity index (χ1n) is 10.8. The molecule has 0 aromatic heterocycles. The van der Waals surface area contributed by atoms with Crippen molar-refractivity contribution in [1.82, 2.24) is 15.5 Å². The maximum atomic E-state index is 10.4. The second-order valence-corrected chi connectivity index (χ2v) is 8.40. The minimum Gasteiger partial charge on any atom is -0.508 e. The van der Waals surface area contributed by atoms with Crippen LogP contribution < -0.4 is 10.6 Å². The summed E-state index contributed by atoms with van der Waals surface area (Å²) in [6.07, 6.45) is 11.4. The van der Waals surface area contributed by atoms with Crippen LogP contribution in [0.1, 0.15) is 61.6 Å². The van der Waals surface area contributed by atoms with E-state index in [2.05, 4.69) is 26.6 Å². The van der Waals surface area contributed by atoms with Gasteiger partial charge >= 0.3 is 0 Å². The van der Waals surface area contributed by atoms with Crippen molar-refractivity contribution in [2.75, 3.05) is 20.1 Å². The van der Waals surface area contributed by atoms with Crippen LogP contribution in [0.15, 0.2) is 17.1 Å². The highest BCUT2D eigenvalue weighted by Gasteiger charge is 2.30. The molecular formula is C22H34N4O. The molecule has 0 spiro atoms. The van der Waals surface area contributed by atoms with Gasteiger partial charge in [0.05, 0.1) is 0 Å². The number of phenols is 1. The van der Waals surface area contributed by atoms with Gasteiger partial charge in [0.15, 0.2) is 5.96 Å². The number of fused-ring (bicyclic) bond motifs is 1. The number of hydrogen-bond donors (Lipinski definition) is 3. The lowest BCUT2D eigenvalue weighted by atomic mass is 9.88. The van der Waals surface area contributed by atoms with E-state index >= 15 is 0 Å². The predicted molar refractivity (Wildman–Crippen MR) is 110 cm³/mol. The van der Waals surface area contributed by atoms with E-state index in [4.69, 9.17) is 0 Å². The molecule has 1 atom stereocenters. The summed E-state index contributed by atoms with van der Waals surface area (Å²) in [6.45, 7) is 2.96. The van der Waals surface area contributed by atoms with Crippen molar-refractivity contribution in [3.63, 3.8) is 0 Å². The van der Waals surface area contributed by atoms with Gasteiger partial charge in [0.25, 0.3) is 0 Å². The number of aliphatic imine (C=N–C) groups is 1. The number of nitrogens with zero attached hydrogens (tertiary/aromatic N) is 2. The van der Waals surface area contributed by atoms with E-state index in [0.717, 1.165) is 37.0 Å². The SMILES string of the molecule is CN=C(NCc1c(O)ccc2c1CCCC2)NC1CCN(C2CCCC2)C1. The van der Waals surface area contributed by atoms with E-state index in [0.29, 0.717) is 18.3 Å². The van der Waals surface area contributed by atoms with Crippen molar-refractivity contribution in [1.29, 1.82) is 0 Å². The smallest absolute Gasteiger partial charge is 0.191 e.